The fourth-order valence-electron chi connectivity index (χ4n) is 11.8. The van der Waals surface area contributed by atoms with Crippen LogP contribution in [0.2, 0.25) is 0 Å². The molecule has 10 aromatic carbocycles. The molecule has 10 aromatic rings. The van der Waals surface area contributed by atoms with Crippen molar-refractivity contribution in [3.8, 4) is 33.4 Å². The first-order valence-corrected chi connectivity index (χ1v) is 21.7. The topological polar surface area (TPSA) is 3.24 Å². The molecule has 0 N–H and O–H groups in total. The Bertz CT molecular complexity index is 3260. The van der Waals surface area contributed by atoms with Gasteiger partial charge in [0.25, 0.3) is 0 Å². The Balaban J connectivity index is 1.16. The summed E-state index contributed by atoms with van der Waals surface area (Å²) in [5, 5.41) is 13.1. The van der Waals surface area contributed by atoms with Crippen molar-refractivity contribution in [2.24, 2.45) is 0 Å². The zero-order chi connectivity index (χ0) is 39.3. The fraction of sp³-hybridized carbons (Fsp3) is 0.172. The monoisotopic (exact) mass is 757 g/mol. The van der Waals surface area contributed by atoms with Gasteiger partial charge in [-0.25, -0.2) is 0 Å². The van der Waals surface area contributed by atoms with Gasteiger partial charge < -0.3 is 4.90 Å². The Morgan fingerprint density at radius 3 is 1.71 bits per heavy atom. The lowest BCUT2D eigenvalue weighted by molar-refractivity contribution is 0.218. The number of nitrogens with zero attached hydrogens (tertiary/aromatic N) is 1. The number of para-hydroxylation sites is 1. The molecule has 1 aliphatic heterocycles. The molecule has 12 rings (SSSR count). The molecule has 2 unspecified atom stereocenters. The third-order valence-electron chi connectivity index (χ3n) is 14.9. The fourth-order valence-corrected chi connectivity index (χ4v) is 11.8. The molecule has 0 radical (unpaired) electrons. The smallest absolute Gasteiger partial charge is 0.0517 e. The molecule has 1 aliphatic carbocycles. The van der Waals surface area contributed by atoms with E-state index in [4.69, 9.17) is 0 Å². The van der Waals surface area contributed by atoms with Crippen LogP contribution in [-0.4, -0.2) is 5.54 Å². The summed E-state index contributed by atoms with van der Waals surface area (Å²) in [7, 11) is 0. The van der Waals surface area contributed by atoms with Crippen LogP contribution >= 0.6 is 0 Å². The summed E-state index contributed by atoms with van der Waals surface area (Å²) >= 11 is 0. The molecule has 59 heavy (non-hydrogen) atoms. The lowest BCUT2D eigenvalue weighted by Gasteiger charge is -2.48. The van der Waals surface area contributed by atoms with Crippen LogP contribution in [0, 0.1) is 0 Å². The van der Waals surface area contributed by atoms with Crippen molar-refractivity contribution >= 4 is 65.2 Å². The van der Waals surface area contributed by atoms with Crippen LogP contribution in [0.1, 0.15) is 57.9 Å². The molecule has 2 aliphatic rings. The summed E-state index contributed by atoms with van der Waals surface area (Å²) in [6.07, 6.45) is 7.54. The van der Waals surface area contributed by atoms with Crippen molar-refractivity contribution < 1.29 is 0 Å². The minimum atomic E-state index is -0.0233. The second kappa shape index (κ2) is 13.0. The molecular weight excluding hydrogens is 711 g/mol. The normalized spacial score (nSPS) is 19.4. The Morgan fingerprint density at radius 2 is 0.966 bits per heavy atom. The summed E-state index contributed by atoms with van der Waals surface area (Å²) < 4.78 is 0. The van der Waals surface area contributed by atoms with E-state index in [-0.39, 0.29) is 11.0 Å². The molecule has 0 bridgehead atoms. The van der Waals surface area contributed by atoms with Gasteiger partial charge >= 0.3 is 0 Å². The summed E-state index contributed by atoms with van der Waals surface area (Å²) in [5.74, 6) is 0. The van der Waals surface area contributed by atoms with Gasteiger partial charge in [0.2, 0.25) is 0 Å². The standard InChI is InChI=1S/C58H47N/c1-57-34-12-3-4-13-35-58(57,2)59(42-20-6-5-7-21-42)54-33-28-41(36-53(54)57)51-37-52(46-25-15-19-39-17-9-11-23-44(39)46)50-30-27-40-26-29-47(48-31-32-49(51)56(50)55(40)48)45-24-14-18-38-16-8-10-22-43(38)45/h5-11,14-33,36-37H,3-4,12-13,34-35H2,1-2H3. The van der Waals surface area contributed by atoms with Gasteiger partial charge in [0, 0.05) is 16.8 Å². The van der Waals surface area contributed by atoms with E-state index in [1.165, 1.54) is 143 Å². The molecule has 284 valence electrons. The van der Waals surface area contributed by atoms with Crippen LogP contribution in [0.3, 0.4) is 0 Å². The van der Waals surface area contributed by atoms with E-state index < -0.39 is 0 Å². The maximum Gasteiger partial charge on any atom is 0.0517 e. The quantitative estimate of drug-likeness (QED) is 0.162. The summed E-state index contributed by atoms with van der Waals surface area (Å²) in [4.78, 5) is 2.72. The Morgan fingerprint density at radius 1 is 0.390 bits per heavy atom. The minimum absolute atomic E-state index is 0.00418. The highest BCUT2D eigenvalue weighted by atomic mass is 15.2. The van der Waals surface area contributed by atoms with Gasteiger partial charge in [-0.3, -0.25) is 0 Å². The third kappa shape index (κ3) is 4.97. The summed E-state index contributed by atoms with van der Waals surface area (Å²) in [6, 6.07) is 66.8. The van der Waals surface area contributed by atoms with Gasteiger partial charge in [-0.2, -0.15) is 0 Å². The predicted molar refractivity (Wildman–Crippen MR) is 254 cm³/mol. The number of anilines is 2. The Hall–Kier alpha value is -6.44. The van der Waals surface area contributed by atoms with Crippen molar-refractivity contribution in [3.63, 3.8) is 0 Å². The van der Waals surface area contributed by atoms with Gasteiger partial charge in [0.15, 0.2) is 0 Å². The highest BCUT2D eigenvalue weighted by Gasteiger charge is 2.56. The van der Waals surface area contributed by atoms with Crippen molar-refractivity contribution in [2.75, 3.05) is 4.90 Å². The lowest BCUT2D eigenvalue weighted by atomic mass is 9.63. The number of fused-ring (bicyclic) bond motifs is 5. The van der Waals surface area contributed by atoms with Gasteiger partial charge in [-0.1, -0.05) is 178 Å². The largest absolute Gasteiger partial charge is 0.334 e. The van der Waals surface area contributed by atoms with Crippen molar-refractivity contribution in [1.82, 2.24) is 0 Å². The molecule has 2 atom stereocenters. The number of benzene rings is 10. The van der Waals surface area contributed by atoms with Crippen LogP contribution in [0.4, 0.5) is 11.4 Å². The average Bonchev–Trinajstić information content (AvgIpc) is 3.46. The second-order valence-electron chi connectivity index (χ2n) is 17.8. The van der Waals surface area contributed by atoms with E-state index in [1.807, 2.05) is 0 Å². The van der Waals surface area contributed by atoms with Crippen molar-refractivity contribution in [3.05, 3.63) is 181 Å². The van der Waals surface area contributed by atoms with E-state index in [9.17, 15) is 0 Å². The SMILES string of the molecule is CC12CCCCCCC1(C)N(c1ccccc1)c1ccc(-c3cc(-c4cccc5ccccc45)c4ccc5ccc(-c6cccc7ccccc67)c6ccc3c4c56)cc12. The molecule has 0 amide bonds. The highest BCUT2D eigenvalue weighted by Crippen LogP contribution is 2.60. The molecule has 1 nitrogen and oxygen atoms in total. The van der Waals surface area contributed by atoms with Crippen LogP contribution in [-0.2, 0) is 5.41 Å². The molecule has 1 heteroatoms. The van der Waals surface area contributed by atoms with Gasteiger partial charge in [-0.15, -0.1) is 0 Å². The average molecular weight is 758 g/mol. The van der Waals surface area contributed by atoms with Crippen molar-refractivity contribution in [1.29, 1.82) is 0 Å². The van der Waals surface area contributed by atoms with Gasteiger partial charge in [-0.05, 0) is 143 Å². The zero-order valence-electron chi connectivity index (χ0n) is 33.9. The number of hydrogen-bond acceptors (Lipinski definition) is 1. The number of hydrogen-bond donors (Lipinski definition) is 0. The first-order chi connectivity index (χ1) is 29.0. The molecular formula is C58H47N. The second-order valence-corrected chi connectivity index (χ2v) is 17.8. The van der Waals surface area contributed by atoms with E-state index >= 15 is 0 Å². The molecule has 0 saturated heterocycles. The molecule has 1 saturated carbocycles. The Kier molecular flexibility index (Phi) is 7.64. The first-order valence-electron chi connectivity index (χ1n) is 21.7. The highest BCUT2D eigenvalue weighted by molar-refractivity contribution is 6.31. The van der Waals surface area contributed by atoms with Crippen LogP contribution in [0.5, 0.6) is 0 Å². The predicted octanol–water partition coefficient (Wildman–Crippen LogP) is 16.4. The summed E-state index contributed by atoms with van der Waals surface area (Å²) in [5.41, 5.74) is 11.9. The molecule has 1 heterocycles. The van der Waals surface area contributed by atoms with E-state index in [0.29, 0.717) is 0 Å². The van der Waals surface area contributed by atoms with E-state index in [0.717, 1.165) is 0 Å². The zero-order valence-corrected chi connectivity index (χ0v) is 33.9. The van der Waals surface area contributed by atoms with E-state index in [1.54, 1.807) is 0 Å². The lowest BCUT2D eigenvalue weighted by Crippen LogP contribution is -2.53. The maximum atomic E-state index is 2.72. The molecule has 1 fully saturated rings. The van der Waals surface area contributed by atoms with Crippen LogP contribution < -0.4 is 4.90 Å². The minimum Gasteiger partial charge on any atom is -0.334 e. The van der Waals surface area contributed by atoms with Crippen molar-refractivity contribution in [2.45, 2.75) is 63.3 Å². The van der Waals surface area contributed by atoms with Crippen LogP contribution in [0.15, 0.2) is 176 Å². The van der Waals surface area contributed by atoms with E-state index in [2.05, 4.69) is 195 Å². The molecule has 0 aromatic heterocycles. The van der Waals surface area contributed by atoms with Crippen LogP contribution in [0.25, 0.3) is 87.2 Å². The maximum absolute atomic E-state index is 2.72. The number of rotatable bonds is 4. The summed E-state index contributed by atoms with van der Waals surface area (Å²) in [6.45, 7) is 5.15. The molecule has 0 spiro atoms. The van der Waals surface area contributed by atoms with Gasteiger partial charge in [0.05, 0.1) is 5.54 Å². The van der Waals surface area contributed by atoms with Gasteiger partial charge in [0.1, 0.15) is 0 Å². The third-order valence-corrected chi connectivity index (χ3v) is 14.9. The first kappa shape index (κ1) is 34.6. The Labute approximate surface area is 346 Å².